The average Bonchev–Trinajstić information content (AvgIpc) is 2.75. The molecule has 19 heavy (non-hydrogen) atoms. The molecule has 0 aliphatic rings. The Hall–Kier alpha value is -1.86. The summed E-state index contributed by atoms with van der Waals surface area (Å²) in [6.45, 7) is 0. The zero-order valence-corrected chi connectivity index (χ0v) is 10.8. The van der Waals surface area contributed by atoms with Crippen molar-refractivity contribution in [1.29, 1.82) is 0 Å². The monoisotopic (exact) mass is 303 g/mol. The van der Waals surface area contributed by atoms with E-state index in [-0.39, 0.29) is 16.7 Å². The fraction of sp³-hybridized carbons (Fsp3) is 0. The summed E-state index contributed by atoms with van der Waals surface area (Å²) in [6, 6.07) is 7.76. The molecule has 0 spiro atoms. The summed E-state index contributed by atoms with van der Waals surface area (Å²) in [5, 5.41) is 2.25. The van der Waals surface area contributed by atoms with Gasteiger partial charge in [0.1, 0.15) is 4.90 Å². The molecular weight excluding hydrogens is 297 g/mol. The Morgan fingerprint density at radius 2 is 1.89 bits per heavy atom. The number of nitrogens with one attached hydrogen (secondary N) is 1. The zero-order valence-electron chi connectivity index (χ0n) is 9.26. The minimum absolute atomic E-state index is 0.0107. The highest BCUT2D eigenvalue weighted by Crippen LogP contribution is 2.23. The Labute approximate surface area is 113 Å². The largest absolute Gasteiger partial charge is 0.440 e. The number of carbonyl (C=O) groups is 1. The maximum atomic E-state index is 13.0. The van der Waals surface area contributed by atoms with Crippen molar-refractivity contribution in [3.63, 3.8) is 0 Å². The molecule has 0 atom stereocenters. The molecule has 2 aromatic rings. The van der Waals surface area contributed by atoms with E-state index in [0.29, 0.717) is 0 Å². The normalized spacial score (nSPS) is 11.3. The number of rotatable bonds is 3. The number of anilines is 1. The van der Waals surface area contributed by atoms with Crippen molar-refractivity contribution in [3.8, 4) is 0 Å². The molecule has 0 radical (unpaired) electrons. The zero-order chi connectivity index (χ0) is 14.0. The lowest BCUT2D eigenvalue weighted by Crippen LogP contribution is -2.13. The van der Waals surface area contributed by atoms with Crippen molar-refractivity contribution in [2.24, 2.45) is 0 Å². The number of para-hydroxylation sites is 1. The predicted molar refractivity (Wildman–Crippen MR) is 66.4 cm³/mol. The van der Waals surface area contributed by atoms with Crippen LogP contribution in [-0.2, 0) is 10.2 Å². The van der Waals surface area contributed by atoms with E-state index in [4.69, 9.17) is 16.0 Å². The molecule has 1 aromatic carbocycles. The molecule has 1 aromatic heterocycles. The van der Waals surface area contributed by atoms with Crippen LogP contribution < -0.4 is 5.32 Å². The van der Waals surface area contributed by atoms with Crippen LogP contribution in [0.15, 0.2) is 45.7 Å². The van der Waals surface area contributed by atoms with E-state index < -0.39 is 21.0 Å². The smallest absolute Gasteiger partial charge is 0.334 e. The third-order valence-electron chi connectivity index (χ3n) is 2.19. The van der Waals surface area contributed by atoms with Crippen LogP contribution in [0.25, 0.3) is 0 Å². The quantitative estimate of drug-likeness (QED) is 0.885. The van der Waals surface area contributed by atoms with Crippen molar-refractivity contribution in [2.75, 3.05) is 5.32 Å². The van der Waals surface area contributed by atoms with E-state index in [1.807, 2.05) is 0 Å². The summed E-state index contributed by atoms with van der Waals surface area (Å²) < 4.78 is 39.7. The Morgan fingerprint density at radius 1 is 1.21 bits per heavy atom. The van der Waals surface area contributed by atoms with Crippen molar-refractivity contribution in [2.45, 2.75) is 4.90 Å². The lowest BCUT2D eigenvalue weighted by atomic mass is 10.3. The number of halogens is 2. The molecule has 8 heteroatoms. The second-order valence-electron chi connectivity index (χ2n) is 3.49. The van der Waals surface area contributed by atoms with Crippen LogP contribution in [0.4, 0.5) is 9.57 Å². The van der Waals surface area contributed by atoms with E-state index in [1.165, 1.54) is 30.3 Å². The Bertz CT molecular complexity index is 726. The molecule has 0 bridgehead atoms. The molecule has 0 saturated carbocycles. The van der Waals surface area contributed by atoms with Gasteiger partial charge in [-0.25, -0.2) is 0 Å². The van der Waals surface area contributed by atoms with Crippen molar-refractivity contribution < 1.29 is 21.5 Å². The number of furan rings is 1. The first-order valence-corrected chi connectivity index (χ1v) is 6.74. The molecule has 1 N–H and O–H groups in total. The van der Waals surface area contributed by atoms with Gasteiger partial charge in [-0.1, -0.05) is 12.1 Å². The lowest BCUT2D eigenvalue weighted by Gasteiger charge is -2.06. The molecule has 0 saturated heterocycles. The molecule has 0 aliphatic heterocycles. The molecule has 100 valence electrons. The van der Waals surface area contributed by atoms with Crippen LogP contribution >= 0.6 is 11.6 Å². The molecule has 0 fully saturated rings. The Kier molecular flexibility index (Phi) is 3.59. The third-order valence-corrected chi connectivity index (χ3v) is 3.28. The van der Waals surface area contributed by atoms with Gasteiger partial charge in [-0.15, -0.1) is 3.89 Å². The summed E-state index contributed by atoms with van der Waals surface area (Å²) in [4.78, 5) is 11.1. The third kappa shape index (κ3) is 3.12. The van der Waals surface area contributed by atoms with Crippen molar-refractivity contribution in [1.82, 2.24) is 0 Å². The van der Waals surface area contributed by atoms with Gasteiger partial charge in [0, 0.05) is 0 Å². The molecule has 2 rings (SSSR count). The molecule has 0 aliphatic carbocycles. The number of benzene rings is 1. The van der Waals surface area contributed by atoms with Crippen LogP contribution in [0.3, 0.4) is 0 Å². The van der Waals surface area contributed by atoms with Gasteiger partial charge >= 0.3 is 10.2 Å². The molecule has 0 unspecified atom stereocenters. The summed E-state index contributed by atoms with van der Waals surface area (Å²) in [5.41, 5.74) is -0.178. The van der Waals surface area contributed by atoms with Crippen LogP contribution in [0.2, 0.25) is 5.22 Å². The predicted octanol–water partition coefficient (Wildman–Crippen LogP) is 2.84. The first kappa shape index (κ1) is 13.6. The van der Waals surface area contributed by atoms with Gasteiger partial charge in [-0.3, -0.25) is 4.79 Å². The van der Waals surface area contributed by atoms with Gasteiger partial charge in [-0.05, 0) is 35.9 Å². The highest BCUT2D eigenvalue weighted by molar-refractivity contribution is 7.86. The topological polar surface area (TPSA) is 76.4 Å². The summed E-state index contributed by atoms with van der Waals surface area (Å²) in [7, 11) is -4.93. The molecule has 1 heterocycles. The molecular formula is C11H7ClFNO4S. The number of hydrogen-bond donors (Lipinski definition) is 1. The maximum absolute atomic E-state index is 13.0. The standard InChI is InChI=1S/C11H7ClFNO4S/c12-10-6-5-8(18-10)11(15)14-7-3-1-2-4-9(7)19(13,16)17/h1-6H,(H,14,15). The van der Waals surface area contributed by atoms with Gasteiger partial charge in [0.15, 0.2) is 11.0 Å². The molecule has 5 nitrogen and oxygen atoms in total. The first-order valence-electron chi connectivity index (χ1n) is 4.98. The summed E-state index contributed by atoms with van der Waals surface area (Å²) in [5.74, 6) is -0.848. The van der Waals surface area contributed by atoms with Crippen LogP contribution in [0, 0.1) is 0 Å². The lowest BCUT2D eigenvalue weighted by molar-refractivity contribution is 0.0996. The second-order valence-corrected chi connectivity index (χ2v) is 5.18. The van der Waals surface area contributed by atoms with E-state index in [2.05, 4.69) is 5.32 Å². The van der Waals surface area contributed by atoms with Gasteiger partial charge in [0.05, 0.1) is 5.69 Å². The Morgan fingerprint density at radius 3 is 2.47 bits per heavy atom. The van der Waals surface area contributed by atoms with Gasteiger partial charge in [0.25, 0.3) is 5.91 Å². The van der Waals surface area contributed by atoms with E-state index in [0.717, 1.165) is 6.07 Å². The van der Waals surface area contributed by atoms with E-state index in [9.17, 15) is 17.1 Å². The number of amides is 1. The number of carbonyl (C=O) groups excluding carboxylic acids is 1. The summed E-state index contributed by atoms with van der Waals surface area (Å²) >= 11 is 5.51. The highest BCUT2D eigenvalue weighted by Gasteiger charge is 2.19. The van der Waals surface area contributed by atoms with Gasteiger partial charge in [0.2, 0.25) is 0 Å². The molecule has 1 amide bonds. The Balaban J connectivity index is 2.32. The fourth-order valence-corrected chi connectivity index (χ4v) is 2.17. The minimum Gasteiger partial charge on any atom is -0.440 e. The van der Waals surface area contributed by atoms with Crippen molar-refractivity contribution in [3.05, 3.63) is 47.4 Å². The average molecular weight is 304 g/mol. The van der Waals surface area contributed by atoms with Crippen LogP contribution in [0.5, 0.6) is 0 Å². The maximum Gasteiger partial charge on any atom is 0.334 e. The highest BCUT2D eigenvalue weighted by atomic mass is 35.5. The fourth-order valence-electron chi connectivity index (χ4n) is 1.40. The van der Waals surface area contributed by atoms with Crippen LogP contribution in [-0.4, -0.2) is 14.3 Å². The minimum atomic E-state index is -4.93. The van der Waals surface area contributed by atoms with Gasteiger partial charge < -0.3 is 9.73 Å². The second kappa shape index (κ2) is 5.02. The van der Waals surface area contributed by atoms with Crippen molar-refractivity contribution >= 4 is 33.4 Å². The van der Waals surface area contributed by atoms with E-state index >= 15 is 0 Å². The van der Waals surface area contributed by atoms with Gasteiger partial charge in [-0.2, -0.15) is 8.42 Å². The summed E-state index contributed by atoms with van der Waals surface area (Å²) in [6.07, 6.45) is 0. The number of hydrogen-bond acceptors (Lipinski definition) is 4. The van der Waals surface area contributed by atoms with Crippen LogP contribution in [0.1, 0.15) is 10.6 Å². The SMILES string of the molecule is O=C(Nc1ccccc1S(=O)(=O)F)c1ccc(Cl)o1. The first-order chi connectivity index (χ1) is 8.88. The van der Waals surface area contributed by atoms with E-state index in [1.54, 1.807) is 0 Å².